The van der Waals surface area contributed by atoms with Gasteiger partial charge in [0, 0.05) is 0 Å². The molecule has 2 heteroatoms. The molecule has 26 heavy (non-hydrogen) atoms. The van der Waals surface area contributed by atoms with Crippen LogP contribution >= 0.6 is 0 Å². The van der Waals surface area contributed by atoms with E-state index >= 15 is 0 Å². The molecule has 2 nitrogen and oxygen atoms in total. The van der Waals surface area contributed by atoms with Gasteiger partial charge in [-0.05, 0) is 60.7 Å². The van der Waals surface area contributed by atoms with Crippen LogP contribution in [0, 0.1) is 6.92 Å². The molecule has 0 atom stereocenters. The van der Waals surface area contributed by atoms with Crippen LogP contribution in [0.3, 0.4) is 0 Å². The van der Waals surface area contributed by atoms with Crippen LogP contribution in [0.25, 0.3) is 11.1 Å². The van der Waals surface area contributed by atoms with E-state index in [0.717, 1.165) is 24.0 Å². The summed E-state index contributed by atoms with van der Waals surface area (Å²) in [7, 11) is 0. The van der Waals surface area contributed by atoms with E-state index in [0.29, 0.717) is 11.3 Å². The number of hydrogen-bond acceptors (Lipinski definition) is 2. The van der Waals surface area contributed by atoms with E-state index < -0.39 is 0 Å². The Kier molecular flexibility index (Phi) is 5.85. The Hall–Kier alpha value is -2.87. The molecule has 0 amide bonds. The van der Waals surface area contributed by atoms with E-state index in [9.17, 15) is 4.79 Å². The van der Waals surface area contributed by atoms with Gasteiger partial charge in [-0.15, -0.1) is 0 Å². The number of esters is 1. The molecule has 0 aliphatic carbocycles. The van der Waals surface area contributed by atoms with Crippen LogP contribution in [0.2, 0.25) is 0 Å². The van der Waals surface area contributed by atoms with Crippen molar-refractivity contribution < 1.29 is 9.53 Å². The molecule has 132 valence electrons. The minimum Gasteiger partial charge on any atom is -0.423 e. The third kappa shape index (κ3) is 4.60. The molecule has 3 rings (SSSR count). The van der Waals surface area contributed by atoms with Gasteiger partial charge >= 0.3 is 5.97 Å². The summed E-state index contributed by atoms with van der Waals surface area (Å²) < 4.78 is 5.49. The lowest BCUT2D eigenvalue weighted by Crippen LogP contribution is -2.08. The summed E-state index contributed by atoms with van der Waals surface area (Å²) in [4.78, 5) is 12.3. The Bertz CT molecular complexity index is 844. The first-order valence-corrected chi connectivity index (χ1v) is 9.14. The highest BCUT2D eigenvalue weighted by Crippen LogP contribution is 2.23. The molecule has 0 aromatic heterocycles. The molecule has 0 aliphatic rings. The van der Waals surface area contributed by atoms with Crippen molar-refractivity contribution in [3.8, 4) is 16.9 Å². The van der Waals surface area contributed by atoms with Gasteiger partial charge in [-0.3, -0.25) is 0 Å². The van der Waals surface area contributed by atoms with Crippen LogP contribution in [0.1, 0.15) is 41.3 Å². The zero-order valence-corrected chi connectivity index (χ0v) is 15.4. The summed E-state index contributed by atoms with van der Waals surface area (Å²) in [6, 6.07) is 23.7. The van der Waals surface area contributed by atoms with Crippen LogP contribution in [0.15, 0.2) is 72.8 Å². The predicted octanol–water partition coefficient (Wildman–Crippen LogP) is 6.22. The molecule has 0 spiro atoms. The Morgan fingerprint density at radius 2 is 1.38 bits per heavy atom. The lowest BCUT2D eigenvalue weighted by atomic mass is 10.0. The molecule has 0 N–H and O–H groups in total. The van der Waals surface area contributed by atoms with Gasteiger partial charge in [0.05, 0.1) is 5.56 Å². The second kappa shape index (κ2) is 8.48. The first-order chi connectivity index (χ1) is 12.7. The fourth-order valence-corrected chi connectivity index (χ4v) is 2.82. The first-order valence-electron chi connectivity index (χ1n) is 9.14. The molecule has 0 bridgehead atoms. The van der Waals surface area contributed by atoms with Gasteiger partial charge in [0.1, 0.15) is 5.75 Å². The maximum Gasteiger partial charge on any atom is 0.343 e. The zero-order chi connectivity index (χ0) is 18.4. The number of carbonyl (C=O) groups is 1. The minimum absolute atomic E-state index is 0.324. The maximum atomic E-state index is 12.3. The topological polar surface area (TPSA) is 26.3 Å². The molecular weight excluding hydrogens is 320 g/mol. The van der Waals surface area contributed by atoms with Crippen molar-refractivity contribution >= 4 is 5.97 Å². The number of carbonyl (C=O) groups excluding carboxylic acids is 1. The van der Waals surface area contributed by atoms with Crippen molar-refractivity contribution in [2.75, 3.05) is 0 Å². The Balaban J connectivity index is 1.64. The van der Waals surface area contributed by atoms with Crippen molar-refractivity contribution in [1.29, 1.82) is 0 Å². The molecule has 0 unspecified atom stereocenters. The second-order valence-corrected chi connectivity index (χ2v) is 6.58. The molecule has 0 saturated carbocycles. The average molecular weight is 344 g/mol. The van der Waals surface area contributed by atoms with E-state index in [2.05, 4.69) is 38.1 Å². The summed E-state index contributed by atoms with van der Waals surface area (Å²) in [5.41, 5.74) is 5.32. The summed E-state index contributed by atoms with van der Waals surface area (Å²) >= 11 is 0. The number of benzene rings is 3. The summed E-state index contributed by atoms with van der Waals surface area (Å²) in [6.07, 6.45) is 3.38. The van der Waals surface area contributed by atoms with E-state index in [1.165, 1.54) is 17.5 Å². The maximum absolute atomic E-state index is 12.3. The molecule has 0 heterocycles. The van der Waals surface area contributed by atoms with Gasteiger partial charge in [0.15, 0.2) is 0 Å². The molecule has 3 aromatic carbocycles. The summed E-state index contributed by atoms with van der Waals surface area (Å²) in [5, 5.41) is 0. The number of unbranched alkanes of at least 4 members (excludes halogenated alkanes) is 1. The molecule has 0 aliphatic heterocycles. The summed E-state index contributed by atoms with van der Waals surface area (Å²) in [6.45, 7) is 4.25. The van der Waals surface area contributed by atoms with Crippen LogP contribution in [0.5, 0.6) is 5.75 Å². The van der Waals surface area contributed by atoms with Crippen LogP contribution in [0.4, 0.5) is 0 Å². The number of rotatable bonds is 6. The summed E-state index contributed by atoms with van der Waals surface area (Å²) in [5.74, 6) is 0.232. The standard InChI is InChI=1S/C24H24O2/c1-3-4-5-19-8-12-22(13-9-19)24(25)26-23-16-14-21(15-17-23)20-10-6-18(2)7-11-20/h6-17H,3-5H2,1-2H3. The molecule has 3 aromatic rings. The second-order valence-electron chi connectivity index (χ2n) is 6.58. The van der Waals surface area contributed by atoms with Crippen molar-refractivity contribution in [2.24, 2.45) is 0 Å². The number of hydrogen-bond donors (Lipinski definition) is 0. The largest absolute Gasteiger partial charge is 0.423 e. The molecule has 0 fully saturated rings. The lowest BCUT2D eigenvalue weighted by molar-refractivity contribution is 0.0735. The Morgan fingerprint density at radius 1 is 0.808 bits per heavy atom. The smallest absolute Gasteiger partial charge is 0.343 e. The Labute approximate surface area is 155 Å². The van der Waals surface area contributed by atoms with E-state index in [1.54, 1.807) is 0 Å². The normalized spacial score (nSPS) is 10.5. The average Bonchev–Trinajstić information content (AvgIpc) is 2.68. The molecular formula is C24H24O2. The number of ether oxygens (including phenoxy) is 1. The first kappa shape index (κ1) is 17.9. The van der Waals surface area contributed by atoms with E-state index in [4.69, 9.17) is 4.74 Å². The lowest BCUT2D eigenvalue weighted by Gasteiger charge is -2.07. The predicted molar refractivity (Wildman–Crippen MR) is 107 cm³/mol. The highest BCUT2D eigenvalue weighted by molar-refractivity contribution is 5.91. The van der Waals surface area contributed by atoms with Crippen molar-refractivity contribution in [1.82, 2.24) is 0 Å². The zero-order valence-electron chi connectivity index (χ0n) is 15.4. The van der Waals surface area contributed by atoms with Gasteiger partial charge in [-0.2, -0.15) is 0 Å². The quantitative estimate of drug-likeness (QED) is 0.392. The van der Waals surface area contributed by atoms with Crippen LogP contribution < -0.4 is 4.74 Å². The molecule has 0 radical (unpaired) electrons. The van der Waals surface area contributed by atoms with Crippen LogP contribution in [-0.4, -0.2) is 5.97 Å². The third-order valence-corrected chi connectivity index (χ3v) is 4.46. The van der Waals surface area contributed by atoms with Gasteiger partial charge in [0.2, 0.25) is 0 Å². The van der Waals surface area contributed by atoms with Crippen molar-refractivity contribution in [3.05, 3.63) is 89.5 Å². The highest BCUT2D eigenvalue weighted by Gasteiger charge is 2.09. The Morgan fingerprint density at radius 3 is 1.96 bits per heavy atom. The highest BCUT2D eigenvalue weighted by atomic mass is 16.5. The fraction of sp³-hybridized carbons (Fsp3) is 0.208. The van der Waals surface area contributed by atoms with E-state index in [1.807, 2.05) is 48.5 Å². The van der Waals surface area contributed by atoms with Gasteiger partial charge in [-0.1, -0.05) is 67.4 Å². The van der Waals surface area contributed by atoms with E-state index in [-0.39, 0.29) is 5.97 Å². The SMILES string of the molecule is CCCCc1ccc(C(=O)Oc2ccc(-c3ccc(C)cc3)cc2)cc1. The van der Waals surface area contributed by atoms with Gasteiger partial charge in [0.25, 0.3) is 0 Å². The number of aryl methyl sites for hydroxylation is 2. The monoisotopic (exact) mass is 344 g/mol. The van der Waals surface area contributed by atoms with Gasteiger partial charge < -0.3 is 4.74 Å². The minimum atomic E-state index is -0.324. The third-order valence-electron chi connectivity index (χ3n) is 4.46. The van der Waals surface area contributed by atoms with Crippen LogP contribution in [-0.2, 0) is 6.42 Å². The van der Waals surface area contributed by atoms with Crippen molar-refractivity contribution in [2.45, 2.75) is 33.1 Å². The molecule has 0 saturated heterocycles. The van der Waals surface area contributed by atoms with Crippen molar-refractivity contribution in [3.63, 3.8) is 0 Å². The fourth-order valence-electron chi connectivity index (χ4n) is 2.82. The van der Waals surface area contributed by atoms with Gasteiger partial charge in [-0.25, -0.2) is 4.79 Å².